The molecule has 23 heavy (non-hydrogen) atoms. The first-order chi connectivity index (χ1) is 11.3. The summed E-state index contributed by atoms with van der Waals surface area (Å²) < 4.78 is 11.6. The molecular formula is C17H22N2O3S. The van der Waals surface area contributed by atoms with Crippen LogP contribution < -0.4 is 0 Å². The summed E-state index contributed by atoms with van der Waals surface area (Å²) in [6.45, 7) is 2.98. The van der Waals surface area contributed by atoms with E-state index in [1.165, 1.54) is 0 Å². The molecule has 1 aliphatic carbocycles. The van der Waals surface area contributed by atoms with Gasteiger partial charge in [-0.05, 0) is 24.3 Å². The highest BCUT2D eigenvalue weighted by Gasteiger charge is 2.37. The number of hydrogen-bond donors (Lipinski definition) is 1. The third-order valence-electron chi connectivity index (χ3n) is 4.96. The van der Waals surface area contributed by atoms with Crippen molar-refractivity contribution in [3.8, 4) is 10.6 Å². The summed E-state index contributed by atoms with van der Waals surface area (Å²) in [5.41, 5.74) is 0. The molecule has 2 aliphatic rings. The summed E-state index contributed by atoms with van der Waals surface area (Å²) in [5, 5.41) is 12.3. The van der Waals surface area contributed by atoms with Crippen molar-refractivity contribution in [1.82, 2.24) is 9.88 Å². The molecule has 1 saturated carbocycles. The minimum Gasteiger partial charge on any atom is -0.438 e. The van der Waals surface area contributed by atoms with Crippen molar-refractivity contribution < 1.29 is 14.3 Å². The molecule has 5 nitrogen and oxygen atoms in total. The first-order valence-electron chi connectivity index (χ1n) is 8.30. The van der Waals surface area contributed by atoms with Crippen molar-refractivity contribution in [1.29, 1.82) is 0 Å². The minimum atomic E-state index is -0.199. The average molecular weight is 334 g/mol. The van der Waals surface area contributed by atoms with E-state index in [0.29, 0.717) is 19.1 Å². The number of rotatable bonds is 4. The van der Waals surface area contributed by atoms with Crippen LogP contribution in [0.4, 0.5) is 0 Å². The van der Waals surface area contributed by atoms with Crippen LogP contribution >= 0.6 is 11.3 Å². The normalized spacial score (nSPS) is 29.2. The van der Waals surface area contributed by atoms with E-state index in [1.54, 1.807) is 17.5 Å². The van der Waals surface area contributed by atoms with Gasteiger partial charge >= 0.3 is 0 Å². The molecule has 2 aromatic heterocycles. The lowest BCUT2D eigenvalue weighted by atomic mass is 9.94. The van der Waals surface area contributed by atoms with Gasteiger partial charge in [-0.2, -0.15) is 0 Å². The molecule has 3 heterocycles. The zero-order chi connectivity index (χ0) is 15.6. The summed E-state index contributed by atoms with van der Waals surface area (Å²) in [4.78, 5) is 7.91. The van der Waals surface area contributed by atoms with Crippen LogP contribution in [0, 0.1) is 5.92 Å². The molecule has 0 bridgehead atoms. The van der Waals surface area contributed by atoms with Gasteiger partial charge in [-0.3, -0.25) is 4.90 Å². The maximum Gasteiger partial charge on any atom is 0.209 e. The van der Waals surface area contributed by atoms with E-state index in [0.717, 1.165) is 48.9 Å². The summed E-state index contributed by atoms with van der Waals surface area (Å²) in [6.07, 6.45) is 4.71. The molecule has 124 valence electrons. The van der Waals surface area contributed by atoms with Gasteiger partial charge in [-0.1, -0.05) is 12.5 Å². The highest BCUT2D eigenvalue weighted by molar-refractivity contribution is 7.13. The van der Waals surface area contributed by atoms with Crippen LogP contribution in [0.3, 0.4) is 0 Å². The van der Waals surface area contributed by atoms with Crippen LogP contribution in [-0.2, 0) is 11.3 Å². The number of aliphatic hydroxyl groups excluding tert-OH is 1. The van der Waals surface area contributed by atoms with Crippen molar-refractivity contribution in [2.24, 2.45) is 5.92 Å². The fourth-order valence-electron chi connectivity index (χ4n) is 3.76. The number of thiophene rings is 1. The van der Waals surface area contributed by atoms with Gasteiger partial charge in [0.05, 0.1) is 36.9 Å². The van der Waals surface area contributed by atoms with Crippen LogP contribution in [0.2, 0.25) is 0 Å². The van der Waals surface area contributed by atoms with E-state index in [-0.39, 0.29) is 12.1 Å². The number of hydrogen-bond acceptors (Lipinski definition) is 6. The molecule has 1 aliphatic heterocycles. The molecule has 3 atom stereocenters. The maximum atomic E-state index is 10.2. The van der Waals surface area contributed by atoms with Gasteiger partial charge in [-0.25, -0.2) is 4.98 Å². The SMILES string of the molecule is OC1CCCC1C1COCCN1Cc1ncc(-c2cccs2)o1. The summed E-state index contributed by atoms with van der Waals surface area (Å²) >= 11 is 1.66. The first kappa shape index (κ1) is 15.3. The second-order valence-electron chi connectivity index (χ2n) is 6.37. The highest BCUT2D eigenvalue weighted by atomic mass is 32.1. The van der Waals surface area contributed by atoms with E-state index in [1.807, 2.05) is 17.5 Å². The monoisotopic (exact) mass is 334 g/mol. The van der Waals surface area contributed by atoms with E-state index in [2.05, 4.69) is 9.88 Å². The van der Waals surface area contributed by atoms with E-state index < -0.39 is 0 Å². The molecule has 2 aromatic rings. The molecule has 0 aromatic carbocycles. The summed E-state index contributed by atoms with van der Waals surface area (Å²) in [6, 6.07) is 4.32. The fourth-order valence-corrected chi connectivity index (χ4v) is 4.43. The van der Waals surface area contributed by atoms with Gasteiger partial charge < -0.3 is 14.3 Å². The Labute approximate surface area is 139 Å². The lowest BCUT2D eigenvalue weighted by Crippen LogP contribution is -2.50. The molecule has 2 fully saturated rings. The minimum absolute atomic E-state index is 0.199. The predicted octanol–water partition coefficient (Wildman–Crippen LogP) is 2.76. The van der Waals surface area contributed by atoms with Gasteiger partial charge in [-0.15, -0.1) is 11.3 Å². The molecule has 1 N–H and O–H groups in total. The standard InChI is InChI=1S/C17H22N2O3S/c20-14-4-1-3-12(14)13-11-21-7-6-19(13)10-17-18-9-15(22-17)16-5-2-8-23-16/h2,5,8-9,12-14,20H,1,3-4,6-7,10-11H2. The lowest BCUT2D eigenvalue weighted by molar-refractivity contribution is -0.0562. The quantitative estimate of drug-likeness (QED) is 0.932. The second kappa shape index (κ2) is 6.73. The molecule has 0 radical (unpaired) electrons. The van der Waals surface area contributed by atoms with E-state index in [4.69, 9.17) is 9.15 Å². The summed E-state index contributed by atoms with van der Waals surface area (Å²) in [7, 11) is 0. The number of morpholine rings is 1. The Bertz CT molecular complexity index is 628. The highest BCUT2D eigenvalue weighted by Crippen LogP contribution is 2.33. The maximum absolute atomic E-state index is 10.2. The zero-order valence-corrected chi connectivity index (χ0v) is 13.9. The molecular weight excluding hydrogens is 312 g/mol. The second-order valence-corrected chi connectivity index (χ2v) is 7.32. The van der Waals surface area contributed by atoms with Gasteiger partial charge in [0.2, 0.25) is 5.89 Å². The van der Waals surface area contributed by atoms with Crippen molar-refractivity contribution >= 4 is 11.3 Å². The van der Waals surface area contributed by atoms with Crippen LogP contribution in [0.15, 0.2) is 28.1 Å². The third kappa shape index (κ3) is 3.21. The van der Waals surface area contributed by atoms with E-state index in [9.17, 15) is 5.11 Å². The van der Waals surface area contributed by atoms with Crippen LogP contribution in [-0.4, -0.2) is 46.9 Å². The smallest absolute Gasteiger partial charge is 0.209 e. The third-order valence-corrected chi connectivity index (χ3v) is 5.85. The number of aliphatic hydroxyl groups is 1. The van der Waals surface area contributed by atoms with Crippen molar-refractivity contribution in [3.05, 3.63) is 29.6 Å². The topological polar surface area (TPSA) is 58.7 Å². The molecule has 0 amide bonds. The van der Waals surface area contributed by atoms with Crippen LogP contribution in [0.1, 0.15) is 25.2 Å². The predicted molar refractivity (Wildman–Crippen MR) is 88.2 cm³/mol. The van der Waals surface area contributed by atoms with Gasteiger partial charge in [0.25, 0.3) is 0 Å². The van der Waals surface area contributed by atoms with Gasteiger partial charge in [0, 0.05) is 18.5 Å². The molecule has 6 heteroatoms. The Kier molecular flexibility index (Phi) is 4.48. The number of ether oxygens (including phenoxy) is 1. The average Bonchev–Trinajstić information content (AvgIpc) is 3.29. The van der Waals surface area contributed by atoms with Crippen molar-refractivity contribution in [3.63, 3.8) is 0 Å². The number of oxazole rings is 1. The Morgan fingerprint density at radius 1 is 1.39 bits per heavy atom. The van der Waals surface area contributed by atoms with Crippen LogP contribution in [0.5, 0.6) is 0 Å². The first-order valence-corrected chi connectivity index (χ1v) is 9.17. The largest absolute Gasteiger partial charge is 0.438 e. The molecule has 4 rings (SSSR count). The summed E-state index contributed by atoms with van der Waals surface area (Å²) in [5.74, 6) is 1.88. The molecule has 1 saturated heterocycles. The Hall–Kier alpha value is -1.21. The number of aromatic nitrogens is 1. The van der Waals surface area contributed by atoms with E-state index >= 15 is 0 Å². The Morgan fingerprint density at radius 2 is 2.35 bits per heavy atom. The van der Waals surface area contributed by atoms with Crippen molar-refractivity contribution in [2.45, 2.75) is 38.0 Å². The number of nitrogens with zero attached hydrogens (tertiary/aromatic N) is 2. The molecule has 3 unspecified atom stereocenters. The lowest BCUT2D eigenvalue weighted by Gasteiger charge is -2.39. The Balaban J connectivity index is 1.48. The van der Waals surface area contributed by atoms with Crippen LogP contribution in [0.25, 0.3) is 10.6 Å². The van der Waals surface area contributed by atoms with Crippen molar-refractivity contribution in [2.75, 3.05) is 19.8 Å². The zero-order valence-electron chi connectivity index (χ0n) is 13.1. The fraction of sp³-hybridized carbons (Fsp3) is 0.588. The molecule has 0 spiro atoms. The Morgan fingerprint density at radius 3 is 3.13 bits per heavy atom. The van der Waals surface area contributed by atoms with Gasteiger partial charge in [0.15, 0.2) is 5.76 Å². The van der Waals surface area contributed by atoms with Gasteiger partial charge in [0.1, 0.15) is 0 Å².